The van der Waals surface area contributed by atoms with E-state index in [4.69, 9.17) is 4.74 Å². The Morgan fingerprint density at radius 1 is 1.25 bits per heavy atom. The van der Waals surface area contributed by atoms with Crippen LogP contribution in [0.15, 0.2) is 18.2 Å². The van der Waals surface area contributed by atoms with E-state index in [0.717, 1.165) is 44.5 Å². The van der Waals surface area contributed by atoms with Crippen molar-refractivity contribution in [2.75, 3.05) is 37.7 Å². The molecule has 0 amide bonds. The molecule has 1 N–H and O–H groups in total. The Morgan fingerprint density at radius 3 is 2.95 bits per heavy atom. The van der Waals surface area contributed by atoms with Gasteiger partial charge in [0.1, 0.15) is 5.75 Å². The molecule has 1 saturated carbocycles. The minimum Gasteiger partial charge on any atom is -0.493 e. The second-order valence-corrected chi connectivity index (χ2v) is 6.12. The lowest BCUT2D eigenvalue weighted by Gasteiger charge is -2.23. The van der Waals surface area contributed by atoms with Crippen LogP contribution in [0.2, 0.25) is 0 Å². The molecule has 20 heavy (non-hydrogen) atoms. The first-order valence-electron chi connectivity index (χ1n) is 8.02. The topological polar surface area (TPSA) is 24.5 Å². The second kappa shape index (κ2) is 6.49. The maximum absolute atomic E-state index is 5.92. The molecule has 0 spiro atoms. The minimum absolute atomic E-state index is 0.873. The Balaban J connectivity index is 1.59. The van der Waals surface area contributed by atoms with Gasteiger partial charge in [-0.3, -0.25) is 0 Å². The van der Waals surface area contributed by atoms with Crippen LogP contribution in [-0.2, 0) is 0 Å². The SMILES string of the molecule is Cc1cc(N2CCCNCC2)ccc1OCCC1CC1. The highest BCUT2D eigenvalue weighted by atomic mass is 16.5. The van der Waals surface area contributed by atoms with Crippen molar-refractivity contribution in [2.24, 2.45) is 5.92 Å². The summed E-state index contributed by atoms with van der Waals surface area (Å²) in [7, 11) is 0. The Hall–Kier alpha value is -1.22. The van der Waals surface area contributed by atoms with Gasteiger partial charge in [-0.15, -0.1) is 0 Å². The van der Waals surface area contributed by atoms with Crippen molar-refractivity contribution in [3.05, 3.63) is 23.8 Å². The number of nitrogens with one attached hydrogen (secondary N) is 1. The van der Waals surface area contributed by atoms with Crippen LogP contribution in [0.1, 0.15) is 31.2 Å². The summed E-state index contributed by atoms with van der Waals surface area (Å²) >= 11 is 0. The van der Waals surface area contributed by atoms with Gasteiger partial charge in [-0.05, 0) is 56.0 Å². The van der Waals surface area contributed by atoms with Crippen molar-refractivity contribution in [1.82, 2.24) is 5.32 Å². The van der Waals surface area contributed by atoms with Crippen LogP contribution in [0.4, 0.5) is 5.69 Å². The van der Waals surface area contributed by atoms with Gasteiger partial charge in [-0.2, -0.15) is 0 Å². The molecule has 0 atom stereocenters. The van der Waals surface area contributed by atoms with Gasteiger partial charge < -0.3 is 15.0 Å². The predicted molar refractivity (Wildman–Crippen MR) is 83.7 cm³/mol. The highest BCUT2D eigenvalue weighted by Gasteiger charge is 2.20. The molecule has 3 heteroatoms. The molecule has 1 aliphatic carbocycles. The van der Waals surface area contributed by atoms with E-state index in [1.54, 1.807) is 0 Å². The maximum atomic E-state index is 5.92. The summed E-state index contributed by atoms with van der Waals surface area (Å²) in [5, 5.41) is 3.45. The molecular weight excluding hydrogens is 248 g/mol. The summed E-state index contributed by atoms with van der Waals surface area (Å²) in [5.74, 6) is 2.00. The highest BCUT2D eigenvalue weighted by Crippen LogP contribution is 2.32. The summed E-state index contributed by atoms with van der Waals surface area (Å²) in [4.78, 5) is 2.47. The first kappa shape index (κ1) is 13.7. The lowest BCUT2D eigenvalue weighted by molar-refractivity contribution is 0.300. The molecule has 0 aromatic heterocycles. The van der Waals surface area contributed by atoms with Crippen molar-refractivity contribution in [3.8, 4) is 5.75 Å². The van der Waals surface area contributed by atoms with Crippen molar-refractivity contribution in [2.45, 2.75) is 32.6 Å². The molecule has 1 heterocycles. The average molecular weight is 274 g/mol. The molecule has 0 bridgehead atoms. The number of anilines is 1. The van der Waals surface area contributed by atoms with Gasteiger partial charge >= 0.3 is 0 Å². The van der Waals surface area contributed by atoms with Gasteiger partial charge in [0.2, 0.25) is 0 Å². The van der Waals surface area contributed by atoms with Crippen LogP contribution in [0, 0.1) is 12.8 Å². The zero-order valence-corrected chi connectivity index (χ0v) is 12.5. The van der Waals surface area contributed by atoms with Crippen LogP contribution in [-0.4, -0.2) is 32.8 Å². The van der Waals surface area contributed by atoms with E-state index >= 15 is 0 Å². The van der Waals surface area contributed by atoms with E-state index in [2.05, 4.69) is 35.3 Å². The molecule has 3 rings (SSSR count). The Bertz CT molecular complexity index is 435. The molecule has 0 unspecified atom stereocenters. The third-order valence-corrected chi connectivity index (χ3v) is 4.34. The minimum atomic E-state index is 0.873. The molecular formula is C17H26N2O. The summed E-state index contributed by atoms with van der Waals surface area (Å²) in [6.07, 6.45) is 5.26. The Kier molecular flexibility index (Phi) is 4.46. The standard InChI is InChI=1S/C17H26N2O/c1-14-13-16(19-10-2-8-18-9-11-19)5-6-17(14)20-12-7-15-3-4-15/h5-6,13,15,18H,2-4,7-12H2,1H3. The molecule has 3 nitrogen and oxygen atoms in total. The first-order valence-corrected chi connectivity index (χ1v) is 8.02. The molecule has 1 aromatic rings. The van der Waals surface area contributed by atoms with E-state index < -0.39 is 0 Å². The molecule has 2 aliphatic rings. The van der Waals surface area contributed by atoms with Gasteiger partial charge in [0.15, 0.2) is 0 Å². The number of nitrogens with zero attached hydrogens (tertiary/aromatic N) is 1. The predicted octanol–water partition coefficient (Wildman–Crippen LogP) is 2.97. The quantitative estimate of drug-likeness (QED) is 0.893. The van der Waals surface area contributed by atoms with Crippen LogP contribution in [0.3, 0.4) is 0 Å². The van der Waals surface area contributed by atoms with Crippen molar-refractivity contribution >= 4 is 5.69 Å². The molecule has 1 saturated heterocycles. The maximum Gasteiger partial charge on any atom is 0.122 e. The van der Waals surface area contributed by atoms with Crippen LogP contribution in [0.5, 0.6) is 5.75 Å². The van der Waals surface area contributed by atoms with E-state index in [-0.39, 0.29) is 0 Å². The normalized spacial score (nSPS) is 19.8. The zero-order chi connectivity index (χ0) is 13.8. The largest absolute Gasteiger partial charge is 0.493 e. The molecule has 2 fully saturated rings. The van der Waals surface area contributed by atoms with Gasteiger partial charge in [0.05, 0.1) is 6.61 Å². The summed E-state index contributed by atoms with van der Waals surface area (Å²) < 4.78 is 5.92. The van der Waals surface area contributed by atoms with Gasteiger partial charge in [0.25, 0.3) is 0 Å². The van der Waals surface area contributed by atoms with Crippen LogP contribution < -0.4 is 15.0 Å². The third kappa shape index (κ3) is 3.66. The third-order valence-electron chi connectivity index (χ3n) is 4.34. The van der Waals surface area contributed by atoms with E-state index in [9.17, 15) is 0 Å². The fourth-order valence-corrected chi connectivity index (χ4v) is 2.84. The summed E-state index contributed by atoms with van der Waals surface area (Å²) in [5.41, 5.74) is 2.59. The Morgan fingerprint density at radius 2 is 2.15 bits per heavy atom. The lowest BCUT2D eigenvalue weighted by Crippen LogP contribution is -2.27. The Labute approximate surface area is 122 Å². The number of benzene rings is 1. The monoisotopic (exact) mass is 274 g/mol. The number of aryl methyl sites for hydroxylation is 1. The van der Waals surface area contributed by atoms with Crippen molar-refractivity contribution < 1.29 is 4.74 Å². The van der Waals surface area contributed by atoms with E-state index in [0.29, 0.717) is 0 Å². The summed E-state index contributed by atoms with van der Waals surface area (Å²) in [6.45, 7) is 7.50. The van der Waals surface area contributed by atoms with Gasteiger partial charge in [0, 0.05) is 25.3 Å². The first-order chi connectivity index (χ1) is 9.83. The number of ether oxygens (including phenoxy) is 1. The van der Waals surface area contributed by atoms with Crippen LogP contribution in [0.25, 0.3) is 0 Å². The zero-order valence-electron chi connectivity index (χ0n) is 12.5. The average Bonchev–Trinajstić information content (AvgIpc) is 3.26. The van der Waals surface area contributed by atoms with Gasteiger partial charge in [-0.1, -0.05) is 12.8 Å². The van der Waals surface area contributed by atoms with Crippen molar-refractivity contribution in [3.63, 3.8) is 0 Å². The fraction of sp³-hybridized carbons (Fsp3) is 0.647. The van der Waals surface area contributed by atoms with E-state index in [1.807, 2.05) is 0 Å². The number of rotatable bonds is 5. The fourth-order valence-electron chi connectivity index (χ4n) is 2.84. The number of hydrogen-bond acceptors (Lipinski definition) is 3. The molecule has 0 radical (unpaired) electrons. The molecule has 1 aliphatic heterocycles. The van der Waals surface area contributed by atoms with Gasteiger partial charge in [-0.25, -0.2) is 0 Å². The smallest absolute Gasteiger partial charge is 0.122 e. The molecule has 1 aromatic carbocycles. The number of hydrogen-bond donors (Lipinski definition) is 1. The highest BCUT2D eigenvalue weighted by molar-refractivity contribution is 5.53. The summed E-state index contributed by atoms with van der Waals surface area (Å²) in [6, 6.07) is 6.64. The van der Waals surface area contributed by atoms with Crippen LogP contribution >= 0.6 is 0 Å². The van der Waals surface area contributed by atoms with E-state index in [1.165, 1.54) is 36.9 Å². The van der Waals surface area contributed by atoms with Crippen molar-refractivity contribution in [1.29, 1.82) is 0 Å². The second-order valence-electron chi connectivity index (χ2n) is 6.12. The lowest BCUT2D eigenvalue weighted by atomic mass is 10.1. The molecule has 110 valence electrons.